The molecule has 0 rings (SSSR count). The second-order valence-electron chi connectivity index (χ2n) is 8.57. The maximum absolute atomic E-state index is 5.67. The van der Waals surface area contributed by atoms with Crippen molar-refractivity contribution in [3.63, 3.8) is 0 Å². The molecule has 0 aromatic rings. The van der Waals surface area contributed by atoms with Gasteiger partial charge in [0.25, 0.3) is 0 Å². The fourth-order valence-corrected chi connectivity index (χ4v) is 7.51. The highest BCUT2D eigenvalue weighted by Gasteiger charge is 2.14. The van der Waals surface area contributed by atoms with Gasteiger partial charge >= 0.3 is 0 Å². The van der Waals surface area contributed by atoms with Crippen molar-refractivity contribution in [2.24, 2.45) is 0 Å². The first-order valence-corrected chi connectivity index (χ1v) is 18.7. The van der Waals surface area contributed by atoms with E-state index in [1.807, 2.05) is 38.0 Å². The van der Waals surface area contributed by atoms with Gasteiger partial charge in [-0.25, -0.2) is 0 Å². The third-order valence-corrected chi connectivity index (χ3v) is 12.6. The molecule has 0 N–H and O–H groups in total. The molecule has 36 heavy (non-hydrogen) atoms. The molecule has 0 aromatic heterocycles. The molecule has 0 saturated heterocycles. The largest absolute Gasteiger partial charge is 0.363 e. The van der Waals surface area contributed by atoms with E-state index in [-0.39, 0.29) is 0 Å². The monoisotopic (exact) mass is 648 g/mol. The van der Waals surface area contributed by atoms with Gasteiger partial charge in [-0.3, -0.25) is 0 Å². The number of unbranched alkanes of at least 4 members (excludes halogenated alkanes) is 4. The number of thiocarbonyl (C=S) groups is 4. The van der Waals surface area contributed by atoms with Crippen LogP contribution in [0.25, 0.3) is 0 Å². The third-order valence-electron chi connectivity index (χ3n) is 4.74. The molecule has 0 fully saturated rings. The number of hydrogen-bond acceptors (Lipinski definition) is 8. The fraction of sp³-hybridized carbons (Fsp3) is 0.833. The maximum Gasteiger partial charge on any atom is 0.147 e. The molecule has 0 saturated carbocycles. The van der Waals surface area contributed by atoms with Crippen LogP contribution in [0, 0.1) is 0 Å². The maximum atomic E-state index is 5.67. The molecule has 0 heterocycles. The number of rotatable bonds is 12. The van der Waals surface area contributed by atoms with Crippen LogP contribution in [0.3, 0.4) is 0 Å². The molecule has 0 aliphatic heterocycles. The standard InChI is InChI=1S/C18H36N2S4.C6H12N2S4/c1-5-9-13-19(14-10-6-2)17(21)23-24-18(22)20(15-11-7-3)16-12-8-4;1-7(2)5(9)11-12-6(10)8(3)4/h5-16H2,1-4H3;1-4H3. The van der Waals surface area contributed by atoms with E-state index >= 15 is 0 Å². The lowest BCUT2D eigenvalue weighted by molar-refractivity contribution is 0.410. The molecule has 0 spiro atoms. The molecule has 0 amide bonds. The molecular formula is C24H48N4S8. The summed E-state index contributed by atoms with van der Waals surface area (Å²) in [7, 11) is 14.1. The van der Waals surface area contributed by atoms with Crippen LogP contribution in [0.2, 0.25) is 0 Å². The van der Waals surface area contributed by atoms with E-state index in [2.05, 4.69) is 37.5 Å². The molecule has 0 atom stereocenters. The minimum absolute atomic E-state index is 0.837. The summed E-state index contributed by atoms with van der Waals surface area (Å²) in [6.45, 7) is 13.2. The SMILES string of the molecule is CCCCN(CCCC)C(=S)SSC(=S)N(CCCC)CCCC.CN(C)C(=S)SSC(=S)N(C)C. The average molecular weight is 649 g/mol. The lowest BCUT2D eigenvalue weighted by atomic mass is 10.3. The van der Waals surface area contributed by atoms with Gasteiger partial charge in [0.1, 0.15) is 17.3 Å². The van der Waals surface area contributed by atoms with Crippen LogP contribution < -0.4 is 0 Å². The van der Waals surface area contributed by atoms with Gasteiger partial charge in [-0.15, -0.1) is 0 Å². The van der Waals surface area contributed by atoms with E-state index in [0.29, 0.717) is 0 Å². The van der Waals surface area contributed by atoms with Crippen molar-refractivity contribution >= 4 is 109 Å². The lowest BCUT2D eigenvalue weighted by Gasteiger charge is -2.27. The first-order valence-electron chi connectivity index (χ1n) is 12.7. The second-order valence-corrected chi connectivity index (χ2v) is 15.4. The third kappa shape index (κ3) is 21.8. The average Bonchev–Trinajstić information content (AvgIpc) is 2.85. The predicted molar refractivity (Wildman–Crippen MR) is 191 cm³/mol. The summed E-state index contributed by atoms with van der Waals surface area (Å²) in [5.74, 6) is 0. The van der Waals surface area contributed by atoms with Crippen molar-refractivity contribution in [3.8, 4) is 0 Å². The minimum Gasteiger partial charge on any atom is -0.363 e. The smallest absolute Gasteiger partial charge is 0.147 e. The van der Waals surface area contributed by atoms with E-state index in [9.17, 15) is 0 Å². The van der Waals surface area contributed by atoms with Crippen molar-refractivity contribution in [1.82, 2.24) is 19.6 Å². The fourth-order valence-electron chi connectivity index (χ4n) is 2.38. The molecule has 0 aromatic carbocycles. The van der Waals surface area contributed by atoms with Gasteiger partial charge in [0.15, 0.2) is 0 Å². The topological polar surface area (TPSA) is 13.0 Å². The van der Waals surface area contributed by atoms with Crippen molar-refractivity contribution in [1.29, 1.82) is 0 Å². The zero-order valence-electron chi connectivity index (χ0n) is 23.5. The predicted octanol–water partition coefficient (Wildman–Crippen LogP) is 8.80. The Labute approximate surface area is 260 Å². The first-order chi connectivity index (χ1) is 17.0. The van der Waals surface area contributed by atoms with Crippen molar-refractivity contribution in [3.05, 3.63) is 0 Å². The van der Waals surface area contributed by atoms with Crippen LogP contribution in [0.4, 0.5) is 0 Å². The van der Waals surface area contributed by atoms with Gasteiger partial charge in [-0.1, -0.05) is 102 Å². The molecular weight excluding hydrogens is 601 g/mol. The van der Waals surface area contributed by atoms with E-state index in [1.165, 1.54) is 73.0 Å². The van der Waals surface area contributed by atoms with Gasteiger partial charge in [0.05, 0.1) is 0 Å². The summed E-state index contributed by atoms with van der Waals surface area (Å²) in [5, 5.41) is 0. The zero-order valence-corrected chi connectivity index (χ0v) is 30.1. The minimum atomic E-state index is 0.837. The Morgan fingerprint density at radius 2 is 0.667 bits per heavy atom. The lowest BCUT2D eigenvalue weighted by Crippen LogP contribution is -2.31. The molecule has 12 heteroatoms. The van der Waals surface area contributed by atoms with E-state index in [4.69, 9.17) is 48.9 Å². The molecule has 0 aliphatic carbocycles. The Morgan fingerprint density at radius 1 is 0.444 bits per heavy atom. The summed E-state index contributed by atoms with van der Waals surface area (Å²) in [6, 6.07) is 0. The molecule has 0 bridgehead atoms. The molecule has 0 unspecified atom stereocenters. The van der Waals surface area contributed by atoms with Gasteiger partial charge in [-0.2, -0.15) is 0 Å². The highest BCUT2D eigenvalue weighted by molar-refractivity contribution is 8.90. The van der Waals surface area contributed by atoms with Crippen LogP contribution in [0.15, 0.2) is 0 Å². The van der Waals surface area contributed by atoms with Gasteiger partial charge in [0.2, 0.25) is 0 Å². The summed E-state index contributed by atoms with van der Waals surface area (Å²) in [4.78, 5) is 8.52. The van der Waals surface area contributed by atoms with E-state index in [0.717, 1.165) is 43.5 Å². The van der Waals surface area contributed by atoms with Crippen molar-refractivity contribution in [2.75, 3.05) is 54.4 Å². The summed E-state index contributed by atoms with van der Waals surface area (Å²) < 4.78 is 3.67. The van der Waals surface area contributed by atoms with Crippen molar-refractivity contribution < 1.29 is 0 Å². The Kier molecular flexibility index (Phi) is 28.5. The highest BCUT2D eigenvalue weighted by atomic mass is 33.1. The summed E-state index contributed by atoms with van der Waals surface area (Å²) >= 11 is 21.5. The highest BCUT2D eigenvalue weighted by Crippen LogP contribution is 2.29. The Bertz CT molecular complexity index is 549. The first kappa shape index (κ1) is 39.1. The van der Waals surface area contributed by atoms with Gasteiger partial charge < -0.3 is 19.6 Å². The Balaban J connectivity index is 0. The Morgan fingerprint density at radius 3 is 0.861 bits per heavy atom. The van der Waals surface area contributed by atoms with Crippen LogP contribution in [0.5, 0.6) is 0 Å². The van der Waals surface area contributed by atoms with Crippen LogP contribution in [-0.2, 0) is 0 Å². The van der Waals surface area contributed by atoms with Crippen LogP contribution in [0.1, 0.15) is 79.1 Å². The molecule has 0 aliphatic rings. The molecule has 4 nitrogen and oxygen atoms in total. The van der Waals surface area contributed by atoms with Gasteiger partial charge in [-0.05, 0) is 68.9 Å². The van der Waals surface area contributed by atoms with E-state index < -0.39 is 0 Å². The van der Waals surface area contributed by atoms with Crippen LogP contribution >= 0.6 is 92.0 Å². The normalized spacial score (nSPS) is 10.2. The zero-order chi connectivity index (χ0) is 27.9. The summed E-state index contributed by atoms with van der Waals surface area (Å²) in [6.07, 6.45) is 9.67. The van der Waals surface area contributed by atoms with Gasteiger partial charge in [0, 0.05) is 54.4 Å². The molecule has 212 valence electrons. The quantitative estimate of drug-likeness (QED) is 0.148. The summed E-state index contributed by atoms with van der Waals surface area (Å²) in [5.41, 5.74) is 0. The number of hydrogen-bond donors (Lipinski definition) is 0. The van der Waals surface area contributed by atoms with E-state index in [1.54, 1.807) is 21.6 Å². The molecule has 0 radical (unpaired) electrons. The van der Waals surface area contributed by atoms with Crippen LogP contribution in [-0.4, -0.2) is 91.3 Å². The second kappa shape index (κ2) is 26.2. The number of nitrogens with zero attached hydrogens (tertiary/aromatic N) is 4. The Hall–Kier alpha value is 0.960. The van der Waals surface area contributed by atoms with Crippen molar-refractivity contribution in [2.45, 2.75) is 79.1 Å².